The second-order valence-corrected chi connectivity index (χ2v) is 7.14. The third-order valence-corrected chi connectivity index (χ3v) is 4.85. The van der Waals surface area contributed by atoms with Crippen LogP contribution in [-0.2, 0) is 14.3 Å². The minimum Gasteiger partial charge on any atom is -0.457 e. The third-order valence-electron chi connectivity index (χ3n) is 4.32. The van der Waals surface area contributed by atoms with E-state index in [-0.39, 0.29) is 30.1 Å². The molecule has 0 saturated carbocycles. The first-order valence-corrected chi connectivity index (χ1v) is 9.14. The summed E-state index contributed by atoms with van der Waals surface area (Å²) in [6, 6.07) is 12.3. The minimum atomic E-state index is -0.672. The summed E-state index contributed by atoms with van der Waals surface area (Å²) in [4.78, 5) is 48.3. The van der Waals surface area contributed by atoms with E-state index in [4.69, 9.17) is 4.74 Å². The largest absolute Gasteiger partial charge is 0.457 e. The number of anilines is 1. The number of nitrogens with zero attached hydrogens (tertiary/aromatic N) is 2. The molecule has 0 N–H and O–H groups in total. The number of non-ortho nitro benzene ring substituents is 1. The van der Waals surface area contributed by atoms with Crippen molar-refractivity contribution in [3.05, 3.63) is 68.7 Å². The van der Waals surface area contributed by atoms with E-state index in [0.717, 1.165) is 10.5 Å². The molecule has 9 heteroatoms. The Morgan fingerprint density at radius 3 is 2.61 bits per heavy atom. The highest BCUT2D eigenvalue weighted by Gasteiger charge is 2.36. The van der Waals surface area contributed by atoms with Crippen molar-refractivity contribution in [3.63, 3.8) is 0 Å². The maximum atomic E-state index is 12.3. The van der Waals surface area contributed by atoms with E-state index in [9.17, 15) is 24.5 Å². The smallest absolute Gasteiger partial charge is 0.311 e. The van der Waals surface area contributed by atoms with Gasteiger partial charge in [-0.05, 0) is 24.3 Å². The molecule has 0 radical (unpaired) electrons. The van der Waals surface area contributed by atoms with Crippen molar-refractivity contribution in [1.82, 2.24) is 0 Å². The van der Waals surface area contributed by atoms with Crippen LogP contribution in [0.1, 0.15) is 16.8 Å². The summed E-state index contributed by atoms with van der Waals surface area (Å²) in [7, 11) is 0. The van der Waals surface area contributed by atoms with Gasteiger partial charge in [-0.15, -0.1) is 0 Å². The van der Waals surface area contributed by atoms with Gasteiger partial charge in [-0.25, -0.2) is 0 Å². The van der Waals surface area contributed by atoms with Crippen molar-refractivity contribution in [2.45, 2.75) is 6.42 Å². The highest BCUT2D eigenvalue weighted by Crippen LogP contribution is 2.27. The van der Waals surface area contributed by atoms with Gasteiger partial charge in [0.1, 0.15) is 0 Å². The molecule has 3 rings (SSSR count). The maximum absolute atomic E-state index is 12.3. The Labute approximate surface area is 168 Å². The number of Topliss-reactive ketones (excluding diaryl/α,β-unsaturated/α-hetero) is 1. The van der Waals surface area contributed by atoms with E-state index in [1.165, 1.54) is 23.1 Å². The summed E-state index contributed by atoms with van der Waals surface area (Å²) >= 11 is 3.32. The van der Waals surface area contributed by atoms with Crippen molar-refractivity contribution in [3.8, 4) is 0 Å². The molecule has 1 aliphatic rings. The van der Waals surface area contributed by atoms with Crippen LogP contribution in [-0.4, -0.2) is 35.7 Å². The lowest BCUT2D eigenvalue weighted by Gasteiger charge is -2.16. The minimum absolute atomic E-state index is 0.000103. The Morgan fingerprint density at radius 2 is 1.93 bits per heavy atom. The summed E-state index contributed by atoms with van der Waals surface area (Å²) in [5.74, 6) is -2.07. The molecule has 1 amide bonds. The molecule has 0 aromatic heterocycles. The maximum Gasteiger partial charge on any atom is 0.311 e. The van der Waals surface area contributed by atoms with Crippen LogP contribution < -0.4 is 4.90 Å². The van der Waals surface area contributed by atoms with Crippen LogP contribution in [0.25, 0.3) is 0 Å². The van der Waals surface area contributed by atoms with Gasteiger partial charge in [-0.3, -0.25) is 24.5 Å². The number of carbonyl (C=O) groups excluding carboxylic acids is 3. The SMILES string of the molecule is O=C(COC(=O)[C@H]1CC(=O)N(c2ccc(Br)cc2)C1)c1cccc([N+](=O)[O-])c1. The van der Waals surface area contributed by atoms with Gasteiger partial charge in [-0.1, -0.05) is 28.1 Å². The molecule has 2 aromatic carbocycles. The quantitative estimate of drug-likeness (QED) is 0.292. The van der Waals surface area contributed by atoms with Crippen LogP contribution in [0.5, 0.6) is 0 Å². The summed E-state index contributed by atoms with van der Waals surface area (Å²) in [5.41, 5.74) is 0.542. The van der Waals surface area contributed by atoms with Gasteiger partial charge in [0.2, 0.25) is 11.7 Å². The zero-order valence-electron chi connectivity index (χ0n) is 14.5. The lowest BCUT2D eigenvalue weighted by molar-refractivity contribution is -0.384. The molecular weight excluding hydrogens is 432 g/mol. The van der Waals surface area contributed by atoms with Gasteiger partial charge in [0.05, 0.1) is 10.8 Å². The van der Waals surface area contributed by atoms with E-state index in [0.29, 0.717) is 5.69 Å². The van der Waals surface area contributed by atoms with Crippen LogP contribution >= 0.6 is 15.9 Å². The summed E-state index contributed by atoms with van der Waals surface area (Å²) in [5, 5.41) is 10.8. The molecule has 1 heterocycles. The number of ether oxygens (including phenoxy) is 1. The van der Waals surface area contributed by atoms with Crippen LogP contribution in [0.3, 0.4) is 0 Å². The van der Waals surface area contributed by atoms with E-state index in [2.05, 4.69) is 15.9 Å². The fourth-order valence-corrected chi connectivity index (χ4v) is 3.13. The predicted octanol–water partition coefficient (Wildman–Crippen LogP) is 3.14. The molecule has 2 aromatic rings. The zero-order valence-corrected chi connectivity index (χ0v) is 16.1. The zero-order chi connectivity index (χ0) is 20.3. The molecule has 0 spiro atoms. The number of nitro groups is 1. The van der Waals surface area contributed by atoms with Crippen molar-refractivity contribution in [2.24, 2.45) is 5.92 Å². The molecule has 8 nitrogen and oxygen atoms in total. The normalized spacial score (nSPS) is 16.1. The third kappa shape index (κ3) is 4.42. The molecule has 0 bridgehead atoms. The summed E-state index contributed by atoms with van der Waals surface area (Å²) in [6.07, 6.45) is -0.000103. The molecule has 28 heavy (non-hydrogen) atoms. The first-order chi connectivity index (χ1) is 13.3. The molecule has 1 fully saturated rings. The predicted molar refractivity (Wildman–Crippen MR) is 103 cm³/mol. The second-order valence-electron chi connectivity index (χ2n) is 6.22. The van der Waals surface area contributed by atoms with Gasteiger partial charge < -0.3 is 9.64 Å². The van der Waals surface area contributed by atoms with Crippen LogP contribution in [0, 0.1) is 16.0 Å². The first kappa shape index (κ1) is 19.7. The average Bonchev–Trinajstić information content (AvgIpc) is 3.08. The number of ketones is 1. The van der Waals surface area contributed by atoms with Gasteiger partial charge in [0, 0.05) is 40.8 Å². The number of halogens is 1. The molecule has 0 unspecified atom stereocenters. The van der Waals surface area contributed by atoms with Crippen molar-refractivity contribution in [2.75, 3.05) is 18.1 Å². The molecule has 1 saturated heterocycles. The fourth-order valence-electron chi connectivity index (χ4n) is 2.87. The number of amides is 1. The standard InChI is InChI=1S/C19H15BrN2O6/c20-14-4-6-15(7-5-14)21-10-13(9-18(21)24)19(25)28-11-17(23)12-2-1-3-16(8-12)22(26)27/h1-8,13H,9-11H2/t13-/m0/s1. The van der Waals surface area contributed by atoms with Crippen LogP contribution in [0.4, 0.5) is 11.4 Å². The molecule has 1 aliphatic heterocycles. The fraction of sp³-hybridized carbons (Fsp3) is 0.211. The van der Waals surface area contributed by atoms with Crippen molar-refractivity contribution >= 4 is 45.0 Å². The number of esters is 1. The number of benzene rings is 2. The molecule has 144 valence electrons. The topological polar surface area (TPSA) is 107 Å². The number of rotatable bonds is 6. The second kappa shape index (κ2) is 8.30. The van der Waals surface area contributed by atoms with Crippen LogP contribution in [0.15, 0.2) is 53.0 Å². The molecular formula is C19H15BrN2O6. The Balaban J connectivity index is 1.59. The lowest BCUT2D eigenvalue weighted by Crippen LogP contribution is -2.27. The van der Waals surface area contributed by atoms with Gasteiger partial charge >= 0.3 is 5.97 Å². The van der Waals surface area contributed by atoms with Gasteiger partial charge in [0.15, 0.2) is 6.61 Å². The van der Waals surface area contributed by atoms with E-state index < -0.39 is 29.2 Å². The van der Waals surface area contributed by atoms with E-state index in [1.807, 2.05) is 0 Å². The summed E-state index contributed by atoms with van der Waals surface area (Å²) < 4.78 is 5.92. The highest BCUT2D eigenvalue weighted by atomic mass is 79.9. The Kier molecular flexibility index (Phi) is 5.84. The monoisotopic (exact) mass is 446 g/mol. The number of hydrogen-bond acceptors (Lipinski definition) is 6. The molecule has 1 atom stereocenters. The van der Waals surface area contributed by atoms with Crippen molar-refractivity contribution in [1.29, 1.82) is 0 Å². The van der Waals surface area contributed by atoms with E-state index >= 15 is 0 Å². The Bertz CT molecular complexity index is 944. The lowest BCUT2D eigenvalue weighted by atomic mass is 10.1. The Morgan fingerprint density at radius 1 is 1.21 bits per heavy atom. The number of nitro benzene ring substituents is 1. The highest BCUT2D eigenvalue weighted by molar-refractivity contribution is 9.10. The number of carbonyl (C=O) groups is 3. The first-order valence-electron chi connectivity index (χ1n) is 8.35. The summed E-state index contributed by atoms with van der Waals surface area (Å²) in [6.45, 7) is -0.368. The average molecular weight is 447 g/mol. The van der Waals surface area contributed by atoms with Gasteiger partial charge in [-0.2, -0.15) is 0 Å². The van der Waals surface area contributed by atoms with Crippen molar-refractivity contribution < 1.29 is 24.0 Å². The van der Waals surface area contributed by atoms with E-state index in [1.54, 1.807) is 24.3 Å². The Hall–Kier alpha value is -3.07. The van der Waals surface area contributed by atoms with Gasteiger partial charge in [0.25, 0.3) is 5.69 Å². The molecule has 0 aliphatic carbocycles. The number of hydrogen-bond donors (Lipinski definition) is 0. The van der Waals surface area contributed by atoms with Crippen LogP contribution in [0.2, 0.25) is 0 Å².